The van der Waals surface area contributed by atoms with Crippen LogP contribution in [0.5, 0.6) is 11.5 Å². The molecule has 0 aliphatic rings. The van der Waals surface area contributed by atoms with E-state index in [0.29, 0.717) is 17.9 Å². The number of rotatable bonds is 7. The molecule has 0 fully saturated rings. The highest BCUT2D eigenvalue weighted by Gasteiger charge is 2.43. The van der Waals surface area contributed by atoms with Gasteiger partial charge in [0, 0.05) is 6.42 Å². The van der Waals surface area contributed by atoms with Crippen LogP contribution in [0, 0.1) is 0 Å². The van der Waals surface area contributed by atoms with E-state index in [1.807, 2.05) is 19.1 Å². The molecule has 0 amide bonds. The first-order valence-electron chi connectivity index (χ1n) is 6.88. The van der Waals surface area contributed by atoms with Crippen molar-refractivity contribution in [2.75, 3.05) is 0 Å². The van der Waals surface area contributed by atoms with E-state index in [-0.39, 0.29) is 6.42 Å². The second-order valence-electron chi connectivity index (χ2n) is 4.64. The Morgan fingerprint density at radius 1 is 0.952 bits per heavy atom. The Morgan fingerprint density at radius 3 is 1.71 bits per heavy atom. The third kappa shape index (κ3) is 3.75. The van der Waals surface area contributed by atoms with E-state index in [2.05, 4.69) is 0 Å². The molecule has 0 unspecified atom stereocenters. The van der Waals surface area contributed by atoms with Gasteiger partial charge in [0.25, 0.3) is 0 Å². The molecule has 2 aromatic rings. The van der Waals surface area contributed by atoms with Gasteiger partial charge < -0.3 is 14.6 Å². The number of para-hydroxylation sites is 2. The van der Waals surface area contributed by atoms with Gasteiger partial charge in [-0.15, -0.1) is 0 Å². The number of carbonyl (C=O) groups is 1. The Bertz CT molecular complexity index is 524. The number of benzene rings is 2. The highest BCUT2D eigenvalue weighted by atomic mass is 16.7. The third-order valence-corrected chi connectivity index (χ3v) is 2.96. The Labute approximate surface area is 123 Å². The molecule has 0 heterocycles. The van der Waals surface area contributed by atoms with Crippen LogP contribution >= 0.6 is 0 Å². The molecule has 0 aromatic heterocycles. The first-order chi connectivity index (χ1) is 10.2. The van der Waals surface area contributed by atoms with Crippen molar-refractivity contribution in [3.05, 3.63) is 60.7 Å². The van der Waals surface area contributed by atoms with Crippen molar-refractivity contribution < 1.29 is 19.4 Å². The van der Waals surface area contributed by atoms with Crippen LogP contribution in [0.3, 0.4) is 0 Å². The zero-order valence-corrected chi connectivity index (χ0v) is 11.9. The second kappa shape index (κ2) is 6.79. The zero-order chi connectivity index (χ0) is 15.1. The zero-order valence-electron chi connectivity index (χ0n) is 11.9. The van der Waals surface area contributed by atoms with Crippen molar-refractivity contribution in [1.82, 2.24) is 0 Å². The van der Waals surface area contributed by atoms with E-state index in [9.17, 15) is 9.90 Å². The smallest absolute Gasteiger partial charge is 0.390 e. The maximum absolute atomic E-state index is 11.8. The van der Waals surface area contributed by atoms with Crippen LogP contribution in [-0.2, 0) is 4.79 Å². The van der Waals surface area contributed by atoms with E-state index in [1.54, 1.807) is 48.5 Å². The predicted molar refractivity (Wildman–Crippen MR) is 79.4 cm³/mol. The summed E-state index contributed by atoms with van der Waals surface area (Å²) >= 11 is 0. The summed E-state index contributed by atoms with van der Waals surface area (Å²) < 4.78 is 11.4. The molecule has 0 radical (unpaired) electrons. The molecule has 0 aliphatic carbocycles. The lowest BCUT2D eigenvalue weighted by Crippen LogP contribution is -2.50. The number of carboxylic acids is 1. The van der Waals surface area contributed by atoms with Crippen LogP contribution in [0.4, 0.5) is 0 Å². The number of hydrogen-bond donors (Lipinski definition) is 1. The summed E-state index contributed by atoms with van der Waals surface area (Å²) in [4.78, 5) is 11.8. The van der Waals surface area contributed by atoms with Crippen LogP contribution < -0.4 is 9.47 Å². The molecule has 0 aliphatic heterocycles. The van der Waals surface area contributed by atoms with Gasteiger partial charge in [-0.2, -0.15) is 0 Å². The summed E-state index contributed by atoms with van der Waals surface area (Å²) in [6, 6.07) is 17.7. The third-order valence-electron chi connectivity index (χ3n) is 2.96. The fourth-order valence-corrected chi connectivity index (χ4v) is 2.00. The molecule has 110 valence electrons. The van der Waals surface area contributed by atoms with Gasteiger partial charge in [0.2, 0.25) is 0 Å². The van der Waals surface area contributed by atoms with Gasteiger partial charge in [0.15, 0.2) is 0 Å². The van der Waals surface area contributed by atoms with Gasteiger partial charge in [0.05, 0.1) is 0 Å². The lowest BCUT2D eigenvalue weighted by atomic mass is 10.1. The van der Waals surface area contributed by atoms with E-state index in [4.69, 9.17) is 9.47 Å². The van der Waals surface area contributed by atoms with Crippen molar-refractivity contribution in [2.45, 2.75) is 25.6 Å². The fraction of sp³-hybridized carbons (Fsp3) is 0.235. The Kier molecular flexibility index (Phi) is 4.82. The van der Waals surface area contributed by atoms with Crippen LogP contribution in [0.2, 0.25) is 0 Å². The molecule has 1 N–H and O–H groups in total. The van der Waals surface area contributed by atoms with Crippen LogP contribution in [0.25, 0.3) is 0 Å². The van der Waals surface area contributed by atoms with Crippen molar-refractivity contribution in [3.8, 4) is 11.5 Å². The Hall–Kier alpha value is -2.49. The summed E-state index contributed by atoms with van der Waals surface area (Å²) in [5.41, 5.74) is 0. The molecule has 0 saturated carbocycles. The fourth-order valence-electron chi connectivity index (χ4n) is 2.00. The Balaban J connectivity index is 2.31. The van der Waals surface area contributed by atoms with Crippen LogP contribution in [0.15, 0.2) is 60.7 Å². The van der Waals surface area contributed by atoms with Gasteiger partial charge in [-0.05, 0) is 30.7 Å². The molecule has 0 spiro atoms. The number of aliphatic carboxylic acids is 1. The van der Waals surface area contributed by atoms with Crippen LogP contribution in [0.1, 0.15) is 19.8 Å². The molecule has 0 bridgehead atoms. The molecule has 0 atom stereocenters. The molecule has 4 nitrogen and oxygen atoms in total. The van der Waals surface area contributed by atoms with Gasteiger partial charge >= 0.3 is 11.8 Å². The molecule has 4 heteroatoms. The minimum atomic E-state index is -1.72. The van der Waals surface area contributed by atoms with Gasteiger partial charge in [-0.1, -0.05) is 43.3 Å². The second-order valence-corrected chi connectivity index (χ2v) is 4.64. The molecule has 2 rings (SSSR count). The minimum Gasteiger partial charge on any atom is -0.475 e. The topological polar surface area (TPSA) is 55.8 Å². The number of ether oxygens (including phenoxy) is 2. The van der Waals surface area contributed by atoms with Crippen molar-refractivity contribution in [1.29, 1.82) is 0 Å². The Morgan fingerprint density at radius 2 is 1.38 bits per heavy atom. The molecule has 21 heavy (non-hydrogen) atoms. The van der Waals surface area contributed by atoms with Crippen molar-refractivity contribution in [3.63, 3.8) is 0 Å². The summed E-state index contributed by atoms with van der Waals surface area (Å²) in [6.07, 6.45) is 0.859. The summed E-state index contributed by atoms with van der Waals surface area (Å²) in [7, 11) is 0. The SMILES string of the molecule is CCCC(Oc1ccccc1)(Oc1ccccc1)C(=O)O. The molecular weight excluding hydrogens is 268 g/mol. The number of hydrogen-bond acceptors (Lipinski definition) is 3. The lowest BCUT2D eigenvalue weighted by molar-refractivity contribution is -0.187. The lowest BCUT2D eigenvalue weighted by Gasteiger charge is -2.30. The summed E-state index contributed by atoms with van der Waals surface area (Å²) in [5.74, 6) is -1.94. The molecule has 2 aromatic carbocycles. The highest BCUT2D eigenvalue weighted by Crippen LogP contribution is 2.27. The maximum Gasteiger partial charge on any atom is 0.390 e. The standard InChI is InChI=1S/C17H18O4/c1-2-13-17(16(18)19,20-14-9-5-3-6-10-14)21-15-11-7-4-8-12-15/h3-12H,2,13H2,1H3,(H,18,19). The quantitative estimate of drug-likeness (QED) is 0.788. The van der Waals surface area contributed by atoms with Gasteiger partial charge in [-0.3, -0.25) is 0 Å². The summed E-state index contributed by atoms with van der Waals surface area (Å²) in [5, 5.41) is 9.63. The predicted octanol–water partition coefficient (Wildman–Crippen LogP) is 3.73. The van der Waals surface area contributed by atoms with Gasteiger partial charge in [-0.25, -0.2) is 4.79 Å². The number of carboxylic acid groups (broad SMARTS) is 1. The largest absolute Gasteiger partial charge is 0.475 e. The highest BCUT2D eigenvalue weighted by molar-refractivity contribution is 5.76. The molecular formula is C17H18O4. The first kappa shape index (κ1) is 14.9. The van der Waals surface area contributed by atoms with E-state index in [0.717, 1.165) is 0 Å². The maximum atomic E-state index is 11.8. The normalized spacial score (nSPS) is 10.9. The summed E-state index contributed by atoms with van der Waals surface area (Å²) in [6.45, 7) is 1.89. The van der Waals surface area contributed by atoms with E-state index >= 15 is 0 Å². The molecule has 0 saturated heterocycles. The van der Waals surface area contributed by atoms with Gasteiger partial charge in [0.1, 0.15) is 11.5 Å². The first-order valence-corrected chi connectivity index (χ1v) is 6.88. The van der Waals surface area contributed by atoms with E-state index in [1.165, 1.54) is 0 Å². The van der Waals surface area contributed by atoms with Crippen molar-refractivity contribution >= 4 is 5.97 Å². The van der Waals surface area contributed by atoms with Crippen LogP contribution in [-0.4, -0.2) is 16.9 Å². The van der Waals surface area contributed by atoms with E-state index < -0.39 is 11.8 Å². The average Bonchev–Trinajstić information content (AvgIpc) is 2.49. The minimum absolute atomic E-state index is 0.242. The average molecular weight is 286 g/mol. The van der Waals surface area contributed by atoms with Crippen molar-refractivity contribution in [2.24, 2.45) is 0 Å². The monoisotopic (exact) mass is 286 g/mol.